The summed E-state index contributed by atoms with van der Waals surface area (Å²) < 4.78 is 0. The highest BCUT2D eigenvalue weighted by atomic mass is 16.7. The van der Waals surface area contributed by atoms with Crippen LogP contribution in [0, 0.1) is 20.2 Å². The van der Waals surface area contributed by atoms with Crippen molar-refractivity contribution in [1.82, 2.24) is 0 Å². The molecular weight excluding hydrogens is 152 g/mol. The first kappa shape index (κ1) is 7.64. The van der Waals surface area contributed by atoms with Crippen molar-refractivity contribution in [3.05, 3.63) is 32.4 Å². The summed E-state index contributed by atoms with van der Waals surface area (Å²) in [6, 6.07) is 0. The summed E-state index contributed by atoms with van der Waals surface area (Å²) in [4.78, 5) is 18.9. The molecule has 6 heteroatoms. The molecule has 0 aromatic heterocycles. The highest BCUT2D eigenvalue weighted by Gasteiger charge is 2.54. The maximum absolute atomic E-state index is 10.3. The van der Waals surface area contributed by atoms with E-state index in [9.17, 15) is 20.2 Å². The van der Waals surface area contributed by atoms with Gasteiger partial charge in [0.1, 0.15) is 9.85 Å². The summed E-state index contributed by atoms with van der Waals surface area (Å²) in [6.45, 7) is 0. The summed E-state index contributed by atoms with van der Waals surface area (Å²) in [5.41, 5.74) is -2.04. The summed E-state index contributed by atoms with van der Waals surface area (Å²) in [5.74, 6) is 0. The van der Waals surface area contributed by atoms with E-state index in [1.807, 2.05) is 0 Å². The Morgan fingerprint density at radius 2 is 1.82 bits per heavy atom. The first-order chi connectivity index (χ1) is 5.09. The van der Waals surface area contributed by atoms with Crippen molar-refractivity contribution in [2.24, 2.45) is 0 Å². The molecule has 60 valence electrons. The molecule has 0 aromatic carbocycles. The maximum atomic E-state index is 10.3. The van der Waals surface area contributed by atoms with Crippen molar-refractivity contribution < 1.29 is 9.85 Å². The topological polar surface area (TPSA) is 86.3 Å². The number of hydrogen-bond donors (Lipinski definition) is 0. The number of allylic oxidation sites excluding steroid dienone is 1. The molecular formula is C5H6N2O4. The summed E-state index contributed by atoms with van der Waals surface area (Å²) in [5, 5.41) is 20.6. The minimum absolute atomic E-state index is 0.0347. The average Bonchev–Trinajstić information content (AvgIpc) is 2.34. The van der Waals surface area contributed by atoms with Crippen molar-refractivity contribution in [2.75, 3.05) is 0 Å². The zero-order chi connectivity index (χ0) is 8.48. The summed E-state index contributed by atoms with van der Waals surface area (Å²) in [7, 11) is 0. The molecule has 1 aliphatic carbocycles. The highest BCUT2D eigenvalue weighted by molar-refractivity contribution is 5.02. The van der Waals surface area contributed by atoms with Gasteiger partial charge in [-0.05, 0) is 6.42 Å². The standard InChI is InChI=1S/C5H6N2O4/c8-6(9)5(7(10)11)3-1-2-4-5/h1,3H,2,4H2. The van der Waals surface area contributed by atoms with Gasteiger partial charge in [0, 0.05) is 0 Å². The van der Waals surface area contributed by atoms with E-state index in [2.05, 4.69) is 0 Å². The van der Waals surface area contributed by atoms with E-state index in [-0.39, 0.29) is 6.42 Å². The Bertz CT molecular complexity index is 221. The van der Waals surface area contributed by atoms with Crippen LogP contribution in [0.25, 0.3) is 0 Å². The van der Waals surface area contributed by atoms with Gasteiger partial charge < -0.3 is 0 Å². The summed E-state index contributed by atoms with van der Waals surface area (Å²) >= 11 is 0. The predicted molar refractivity (Wildman–Crippen MR) is 35.1 cm³/mol. The number of nitro groups is 2. The van der Waals surface area contributed by atoms with Gasteiger partial charge in [0.15, 0.2) is 0 Å². The van der Waals surface area contributed by atoms with Gasteiger partial charge in [-0.2, -0.15) is 0 Å². The second-order valence-corrected chi connectivity index (χ2v) is 2.33. The Morgan fingerprint density at radius 1 is 1.27 bits per heavy atom. The van der Waals surface area contributed by atoms with Gasteiger partial charge in [-0.3, -0.25) is 20.2 Å². The van der Waals surface area contributed by atoms with E-state index >= 15 is 0 Å². The van der Waals surface area contributed by atoms with Crippen molar-refractivity contribution in [1.29, 1.82) is 0 Å². The largest absolute Gasteiger partial charge is 0.478 e. The quantitative estimate of drug-likeness (QED) is 0.254. The Kier molecular flexibility index (Phi) is 1.60. The third kappa shape index (κ3) is 0.957. The Labute approximate surface area is 61.8 Å². The third-order valence-electron chi connectivity index (χ3n) is 1.70. The van der Waals surface area contributed by atoms with Crippen LogP contribution >= 0.6 is 0 Å². The SMILES string of the molecule is O=[N+]([O-])C1([N+](=O)[O-])C=CCC1. The van der Waals surface area contributed by atoms with Gasteiger partial charge in [0.25, 0.3) is 0 Å². The molecule has 0 aliphatic heterocycles. The van der Waals surface area contributed by atoms with Crippen molar-refractivity contribution in [3.63, 3.8) is 0 Å². The van der Waals surface area contributed by atoms with Crippen LogP contribution in [0.4, 0.5) is 0 Å². The lowest BCUT2D eigenvalue weighted by atomic mass is 10.2. The van der Waals surface area contributed by atoms with Gasteiger partial charge in [0.05, 0.1) is 12.5 Å². The van der Waals surface area contributed by atoms with E-state index in [0.29, 0.717) is 6.42 Å². The van der Waals surface area contributed by atoms with Crippen LogP contribution in [0.15, 0.2) is 12.2 Å². The Balaban J connectivity index is 2.98. The maximum Gasteiger partial charge on any atom is 0.478 e. The van der Waals surface area contributed by atoms with E-state index in [0.717, 1.165) is 6.08 Å². The molecule has 0 heterocycles. The molecule has 0 bridgehead atoms. The van der Waals surface area contributed by atoms with Gasteiger partial charge in [-0.1, -0.05) is 6.08 Å². The fraction of sp³-hybridized carbons (Fsp3) is 0.600. The smallest absolute Gasteiger partial charge is 0.258 e. The fourth-order valence-corrected chi connectivity index (χ4v) is 1.02. The first-order valence-corrected chi connectivity index (χ1v) is 3.06. The molecule has 1 rings (SSSR count). The van der Waals surface area contributed by atoms with Crippen molar-refractivity contribution >= 4 is 0 Å². The van der Waals surface area contributed by atoms with Gasteiger partial charge in [-0.25, -0.2) is 0 Å². The van der Waals surface area contributed by atoms with Gasteiger partial charge >= 0.3 is 5.66 Å². The molecule has 0 saturated carbocycles. The molecule has 0 spiro atoms. The minimum atomic E-state index is -2.04. The molecule has 0 radical (unpaired) electrons. The third-order valence-corrected chi connectivity index (χ3v) is 1.70. The first-order valence-electron chi connectivity index (χ1n) is 3.06. The second-order valence-electron chi connectivity index (χ2n) is 2.33. The molecule has 0 fully saturated rings. The molecule has 0 unspecified atom stereocenters. The second kappa shape index (κ2) is 2.30. The molecule has 0 atom stereocenters. The zero-order valence-electron chi connectivity index (χ0n) is 5.60. The highest BCUT2D eigenvalue weighted by Crippen LogP contribution is 2.25. The van der Waals surface area contributed by atoms with Gasteiger partial charge in [0.2, 0.25) is 0 Å². The van der Waals surface area contributed by atoms with E-state index in [1.54, 1.807) is 0 Å². The van der Waals surface area contributed by atoms with Crippen LogP contribution in [0.2, 0.25) is 0 Å². The summed E-state index contributed by atoms with van der Waals surface area (Å²) in [6.07, 6.45) is 2.88. The average molecular weight is 158 g/mol. The Hall–Kier alpha value is -1.46. The van der Waals surface area contributed by atoms with Crippen LogP contribution < -0.4 is 0 Å². The van der Waals surface area contributed by atoms with Crippen molar-refractivity contribution in [2.45, 2.75) is 18.5 Å². The monoisotopic (exact) mass is 158 g/mol. The predicted octanol–water partition coefficient (Wildman–Crippen LogP) is 0.586. The van der Waals surface area contributed by atoms with Crippen LogP contribution in [0.1, 0.15) is 12.8 Å². The van der Waals surface area contributed by atoms with E-state index in [1.165, 1.54) is 6.08 Å². The van der Waals surface area contributed by atoms with E-state index < -0.39 is 15.5 Å². The molecule has 0 N–H and O–H groups in total. The lowest BCUT2D eigenvalue weighted by Crippen LogP contribution is -2.42. The zero-order valence-corrected chi connectivity index (χ0v) is 5.60. The molecule has 0 aromatic rings. The van der Waals surface area contributed by atoms with E-state index in [4.69, 9.17) is 0 Å². The van der Waals surface area contributed by atoms with Crippen LogP contribution in [0.5, 0.6) is 0 Å². The van der Waals surface area contributed by atoms with Crippen LogP contribution in [-0.2, 0) is 0 Å². The fourth-order valence-electron chi connectivity index (χ4n) is 1.02. The lowest BCUT2D eigenvalue weighted by molar-refractivity contribution is -0.780. The lowest BCUT2D eigenvalue weighted by Gasteiger charge is -2.07. The number of rotatable bonds is 2. The number of nitrogens with zero attached hydrogens (tertiary/aromatic N) is 2. The molecule has 0 amide bonds. The van der Waals surface area contributed by atoms with Gasteiger partial charge in [-0.15, -0.1) is 0 Å². The van der Waals surface area contributed by atoms with Crippen LogP contribution in [-0.4, -0.2) is 15.5 Å². The molecule has 11 heavy (non-hydrogen) atoms. The minimum Gasteiger partial charge on any atom is -0.258 e. The normalized spacial score (nSPS) is 20.0. The number of hydrogen-bond acceptors (Lipinski definition) is 4. The molecule has 1 aliphatic rings. The van der Waals surface area contributed by atoms with Crippen molar-refractivity contribution in [3.8, 4) is 0 Å². The Morgan fingerprint density at radius 3 is 2.00 bits per heavy atom. The molecule has 6 nitrogen and oxygen atoms in total. The van der Waals surface area contributed by atoms with Crippen LogP contribution in [0.3, 0.4) is 0 Å². The molecule has 0 saturated heterocycles.